The number of aromatic nitrogens is 2. The molecule has 0 spiro atoms. The molecule has 0 saturated carbocycles. The maximum atomic E-state index is 12.3. The summed E-state index contributed by atoms with van der Waals surface area (Å²) >= 11 is 6.03. The molecule has 0 fully saturated rings. The molecule has 0 saturated heterocycles. The first-order valence-corrected chi connectivity index (χ1v) is 7.96. The topological polar surface area (TPSA) is 57.8 Å². The highest BCUT2D eigenvalue weighted by molar-refractivity contribution is 6.31. The third-order valence-electron chi connectivity index (χ3n) is 4.04. The Labute approximate surface area is 143 Å². The lowest BCUT2D eigenvalue weighted by Crippen LogP contribution is -2.15. The van der Waals surface area contributed by atoms with Crippen LogP contribution in [0.15, 0.2) is 65.7 Å². The standard InChI is InChI=1S/C19H14ClN3O/c20-15-4-5-17-13(9-15)8-14(19(24)23-17)10-22-18-3-1-2-12-6-7-21-11-16(12)18/h1-9,11,22H,10H2,(H,23,24). The zero-order valence-electron chi connectivity index (χ0n) is 12.7. The van der Waals surface area contributed by atoms with Crippen molar-refractivity contribution in [2.45, 2.75) is 6.54 Å². The summed E-state index contributed by atoms with van der Waals surface area (Å²) in [5.74, 6) is 0. The molecule has 4 nitrogen and oxygen atoms in total. The number of H-pyrrole nitrogens is 1. The molecule has 0 aliphatic rings. The highest BCUT2D eigenvalue weighted by Gasteiger charge is 2.05. The van der Waals surface area contributed by atoms with E-state index in [0.717, 1.165) is 27.4 Å². The number of hydrogen-bond acceptors (Lipinski definition) is 3. The summed E-state index contributed by atoms with van der Waals surface area (Å²) in [4.78, 5) is 19.3. The predicted molar refractivity (Wildman–Crippen MR) is 98.6 cm³/mol. The summed E-state index contributed by atoms with van der Waals surface area (Å²) in [7, 11) is 0. The second-order valence-electron chi connectivity index (χ2n) is 5.61. The first-order valence-electron chi connectivity index (χ1n) is 7.59. The van der Waals surface area contributed by atoms with Gasteiger partial charge in [-0.25, -0.2) is 0 Å². The van der Waals surface area contributed by atoms with Gasteiger partial charge in [0.2, 0.25) is 0 Å². The van der Waals surface area contributed by atoms with Crippen LogP contribution in [-0.2, 0) is 6.54 Å². The second kappa shape index (κ2) is 5.98. The molecule has 2 aromatic heterocycles. The predicted octanol–water partition coefficient (Wildman–Crippen LogP) is 4.34. The molecular formula is C19H14ClN3O. The molecule has 2 heterocycles. The van der Waals surface area contributed by atoms with E-state index in [2.05, 4.69) is 15.3 Å². The minimum atomic E-state index is -0.101. The van der Waals surface area contributed by atoms with Gasteiger partial charge in [0.1, 0.15) is 0 Å². The van der Waals surface area contributed by atoms with Crippen LogP contribution in [0.3, 0.4) is 0 Å². The molecule has 4 aromatic rings. The third kappa shape index (κ3) is 2.72. The van der Waals surface area contributed by atoms with E-state index >= 15 is 0 Å². The fourth-order valence-corrected chi connectivity index (χ4v) is 2.99. The van der Waals surface area contributed by atoms with Crippen molar-refractivity contribution >= 4 is 39.0 Å². The van der Waals surface area contributed by atoms with Gasteiger partial charge in [0.15, 0.2) is 0 Å². The molecule has 0 aliphatic heterocycles. The molecule has 2 N–H and O–H groups in total. The fraction of sp³-hybridized carbons (Fsp3) is 0.0526. The maximum Gasteiger partial charge on any atom is 0.253 e. The van der Waals surface area contributed by atoms with E-state index in [4.69, 9.17) is 11.6 Å². The minimum absolute atomic E-state index is 0.101. The molecule has 0 unspecified atom stereocenters. The van der Waals surface area contributed by atoms with Crippen molar-refractivity contribution in [1.82, 2.24) is 9.97 Å². The Hall–Kier alpha value is -2.85. The molecule has 24 heavy (non-hydrogen) atoms. The third-order valence-corrected chi connectivity index (χ3v) is 4.27. The summed E-state index contributed by atoms with van der Waals surface area (Å²) in [6, 6.07) is 15.3. The zero-order chi connectivity index (χ0) is 16.5. The van der Waals surface area contributed by atoms with Crippen LogP contribution in [0.25, 0.3) is 21.7 Å². The number of nitrogens with one attached hydrogen (secondary N) is 2. The summed E-state index contributed by atoms with van der Waals surface area (Å²) in [6.07, 6.45) is 3.59. The SMILES string of the molecule is O=c1[nH]c2ccc(Cl)cc2cc1CNc1cccc2ccncc12. The Bertz CT molecular complexity index is 1100. The van der Waals surface area contributed by atoms with Gasteiger partial charge >= 0.3 is 0 Å². The van der Waals surface area contributed by atoms with Crippen LogP contribution < -0.4 is 10.9 Å². The van der Waals surface area contributed by atoms with Crippen molar-refractivity contribution in [3.63, 3.8) is 0 Å². The Morgan fingerprint density at radius 1 is 1.08 bits per heavy atom. The molecule has 2 aromatic carbocycles. The van der Waals surface area contributed by atoms with Crippen molar-refractivity contribution in [1.29, 1.82) is 0 Å². The van der Waals surface area contributed by atoms with Crippen LogP contribution in [0.2, 0.25) is 5.02 Å². The number of hydrogen-bond donors (Lipinski definition) is 2. The Morgan fingerprint density at radius 2 is 2.00 bits per heavy atom. The van der Waals surface area contributed by atoms with E-state index in [1.807, 2.05) is 48.7 Å². The summed E-state index contributed by atoms with van der Waals surface area (Å²) in [5.41, 5.74) is 2.29. The Morgan fingerprint density at radius 3 is 2.92 bits per heavy atom. The largest absolute Gasteiger partial charge is 0.380 e. The molecule has 0 amide bonds. The lowest BCUT2D eigenvalue weighted by Gasteiger charge is -2.10. The van der Waals surface area contributed by atoms with Crippen LogP contribution in [0.1, 0.15) is 5.56 Å². The maximum absolute atomic E-state index is 12.3. The summed E-state index contributed by atoms with van der Waals surface area (Å²) < 4.78 is 0. The highest BCUT2D eigenvalue weighted by Crippen LogP contribution is 2.23. The normalized spacial score (nSPS) is 11.0. The van der Waals surface area contributed by atoms with E-state index in [0.29, 0.717) is 17.1 Å². The number of halogens is 1. The first-order chi connectivity index (χ1) is 11.7. The quantitative estimate of drug-likeness (QED) is 0.585. The van der Waals surface area contributed by atoms with Gasteiger partial charge in [0.25, 0.3) is 5.56 Å². The highest BCUT2D eigenvalue weighted by atomic mass is 35.5. The van der Waals surface area contributed by atoms with Gasteiger partial charge in [-0.15, -0.1) is 0 Å². The second-order valence-corrected chi connectivity index (χ2v) is 6.05. The zero-order valence-corrected chi connectivity index (χ0v) is 13.5. The number of rotatable bonds is 3. The van der Waals surface area contributed by atoms with Crippen LogP contribution in [0.4, 0.5) is 5.69 Å². The molecule has 4 rings (SSSR count). The van der Waals surface area contributed by atoms with Gasteiger partial charge in [-0.3, -0.25) is 9.78 Å². The lowest BCUT2D eigenvalue weighted by atomic mass is 10.1. The van der Waals surface area contributed by atoms with Gasteiger partial charge < -0.3 is 10.3 Å². The van der Waals surface area contributed by atoms with Crippen molar-refractivity contribution < 1.29 is 0 Å². The van der Waals surface area contributed by atoms with E-state index in [1.54, 1.807) is 12.3 Å². The average Bonchev–Trinajstić information content (AvgIpc) is 2.60. The average molecular weight is 336 g/mol. The summed E-state index contributed by atoms with van der Waals surface area (Å²) in [5, 5.41) is 7.03. The van der Waals surface area contributed by atoms with Crippen LogP contribution >= 0.6 is 11.6 Å². The van der Waals surface area contributed by atoms with Gasteiger partial charge in [-0.05, 0) is 41.8 Å². The molecule has 118 valence electrons. The molecule has 0 radical (unpaired) electrons. The molecule has 0 aliphatic carbocycles. The smallest absolute Gasteiger partial charge is 0.253 e. The van der Waals surface area contributed by atoms with E-state index in [1.165, 1.54) is 0 Å². The number of anilines is 1. The molecule has 5 heteroatoms. The van der Waals surface area contributed by atoms with Crippen molar-refractivity contribution in [3.8, 4) is 0 Å². The number of nitrogens with zero attached hydrogens (tertiary/aromatic N) is 1. The van der Waals surface area contributed by atoms with Gasteiger partial charge in [-0.1, -0.05) is 23.7 Å². The fourth-order valence-electron chi connectivity index (χ4n) is 2.81. The van der Waals surface area contributed by atoms with Crippen molar-refractivity contribution in [3.05, 3.63) is 81.9 Å². The number of benzene rings is 2. The Balaban J connectivity index is 1.69. The van der Waals surface area contributed by atoms with E-state index in [9.17, 15) is 4.79 Å². The van der Waals surface area contributed by atoms with E-state index in [-0.39, 0.29) is 5.56 Å². The first kappa shape index (κ1) is 14.7. The number of aromatic amines is 1. The van der Waals surface area contributed by atoms with E-state index < -0.39 is 0 Å². The van der Waals surface area contributed by atoms with Crippen molar-refractivity contribution in [2.24, 2.45) is 0 Å². The lowest BCUT2D eigenvalue weighted by molar-refractivity contribution is 1.09. The molecule has 0 atom stereocenters. The van der Waals surface area contributed by atoms with Crippen LogP contribution in [-0.4, -0.2) is 9.97 Å². The number of pyridine rings is 2. The molecule has 0 bridgehead atoms. The van der Waals surface area contributed by atoms with Gasteiger partial charge in [0, 0.05) is 51.5 Å². The van der Waals surface area contributed by atoms with Gasteiger partial charge in [-0.2, -0.15) is 0 Å². The monoisotopic (exact) mass is 335 g/mol. The molecular weight excluding hydrogens is 322 g/mol. The Kier molecular flexibility index (Phi) is 3.67. The summed E-state index contributed by atoms with van der Waals surface area (Å²) in [6.45, 7) is 0.422. The minimum Gasteiger partial charge on any atom is -0.380 e. The van der Waals surface area contributed by atoms with Crippen LogP contribution in [0.5, 0.6) is 0 Å². The van der Waals surface area contributed by atoms with Gasteiger partial charge in [0.05, 0.1) is 0 Å². The van der Waals surface area contributed by atoms with Crippen molar-refractivity contribution in [2.75, 3.05) is 5.32 Å². The van der Waals surface area contributed by atoms with Crippen LogP contribution in [0, 0.1) is 0 Å². The number of fused-ring (bicyclic) bond motifs is 2.